The molecule has 0 bridgehead atoms. The zero-order chi connectivity index (χ0) is 24.3. The lowest BCUT2D eigenvalue weighted by Gasteiger charge is -2.42. The van der Waals surface area contributed by atoms with Crippen molar-refractivity contribution in [3.8, 4) is 5.75 Å². The summed E-state index contributed by atoms with van der Waals surface area (Å²) in [4.78, 5) is 12.3. The summed E-state index contributed by atoms with van der Waals surface area (Å²) < 4.78 is 83.2. The molecule has 0 aromatic heterocycles. The van der Waals surface area contributed by atoms with Gasteiger partial charge in [-0.15, -0.1) is 0 Å². The first-order valence-corrected chi connectivity index (χ1v) is 10.4. The highest BCUT2D eigenvalue weighted by Gasteiger charge is 2.38. The van der Waals surface area contributed by atoms with Crippen LogP contribution in [0.3, 0.4) is 0 Å². The molecule has 0 spiro atoms. The Morgan fingerprint density at radius 2 is 1.64 bits per heavy atom. The highest BCUT2D eigenvalue weighted by Crippen LogP contribution is 2.44. The number of halogens is 6. The molecule has 0 heterocycles. The van der Waals surface area contributed by atoms with E-state index in [0.29, 0.717) is 12.1 Å². The highest BCUT2D eigenvalue weighted by molar-refractivity contribution is 5.89. The van der Waals surface area contributed by atoms with Gasteiger partial charge >= 0.3 is 18.4 Å². The zero-order valence-corrected chi connectivity index (χ0v) is 17.9. The fourth-order valence-corrected chi connectivity index (χ4v) is 3.90. The first-order valence-electron chi connectivity index (χ1n) is 10.4. The van der Waals surface area contributed by atoms with Gasteiger partial charge in [0.05, 0.1) is 18.2 Å². The number of hydrogen-bond donors (Lipinski definition) is 2. The SMILES string of the molecule is COc1cccc(CCC2(CNC(=O)Nc3cc(C(F)(F)F)cc(C(F)(F)F)c3)CCC2)c1. The van der Waals surface area contributed by atoms with Crippen LogP contribution in [0.4, 0.5) is 36.8 Å². The van der Waals surface area contributed by atoms with Crippen molar-refractivity contribution in [3.63, 3.8) is 0 Å². The molecule has 0 radical (unpaired) electrons. The quantitative estimate of drug-likeness (QED) is 0.441. The maximum Gasteiger partial charge on any atom is 0.416 e. The number of urea groups is 1. The monoisotopic (exact) mass is 474 g/mol. The number of amides is 2. The second-order valence-electron chi connectivity index (χ2n) is 8.31. The summed E-state index contributed by atoms with van der Waals surface area (Å²) in [5.74, 6) is 0.743. The number of nitrogens with one attached hydrogen (secondary N) is 2. The van der Waals surface area contributed by atoms with Gasteiger partial charge < -0.3 is 15.4 Å². The van der Waals surface area contributed by atoms with Crippen molar-refractivity contribution in [1.82, 2.24) is 5.32 Å². The predicted octanol–water partition coefficient (Wildman–Crippen LogP) is 6.66. The molecule has 1 aliphatic carbocycles. The van der Waals surface area contributed by atoms with Crippen LogP contribution >= 0.6 is 0 Å². The van der Waals surface area contributed by atoms with E-state index in [1.807, 2.05) is 24.3 Å². The first-order chi connectivity index (χ1) is 15.4. The Hall–Kier alpha value is -2.91. The van der Waals surface area contributed by atoms with Gasteiger partial charge in [0.1, 0.15) is 5.75 Å². The maximum absolute atomic E-state index is 13.0. The van der Waals surface area contributed by atoms with Gasteiger partial charge in [0.15, 0.2) is 0 Å². The van der Waals surface area contributed by atoms with E-state index in [-0.39, 0.29) is 18.0 Å². The van der Waals surface area contributed by atoms with Gasteiger partial charge in [-0.05, 0) is 67.0 Å². The topological polar surface area (TPSA) is 50.4 Å². The molecule has 2 aromatic carbocycles. The molecule has 180 valence electrons. The lowest BCUT2D eigenvalue weighted by Crippen LogP contribution is -2.43. The minimum absolute atomic E-state index is 0.0189. The Labute approximate surface area is 187 Å². The normalized spacial score (nSPS) is 15.5. The average molecular weight is 474 g/mol. The summed E-state index contributed by atoms with van der Waals surface area (Å²) in [7, 11) is 1.58. The molecule has 4 nitrogen and oxygen atoms in total. The van der Waals surface area contributed by atoms with Crippen LogP contribution in [0.15, 0.2) is 42.5 Å². The minimum atomic E-state index is -4.98. The third kappa shape index (κ3) is 6.55. The van der Waals surface area contributed by atoms with E-state index in [4.69, 9.17) is 4.74 Å². The molecule has 33 heavy (non-hydrogen) atoms. The third-order valence-corrected chi connectivity index (χ3v) is 5.96. The molecule has 2 aromatic rings. The molecule has 1 aliphatic rings. The van der Waals surface area contributed by atoms with E-state index < -0.39 is 35.2 Å². The standard InChI is InChI=1S/C23H24F6N2O2/c1-33-19-5-2-4-15(10-19)6-9-21(7-3-8-21)14-30-20(32)31-18-12-16(22(24,25)26)11-17(13-18)23(27,28)29/h2,4-5,10-13H,3,6-9,14H2,1H3,(H2,30,31,32). The molecule has 1 fully saturated rings. The maximum atomic E-state index is 13.0. The molecule has 0 atom stereocenters. The molecule has 0 unspecified atom stereocenters. The van der Waals surface area contributed by atoms with E-state index in [0.717, 1.165) is 43.4 Å². The van der Waals surface area contributed by atoms with E-state index >= 15 is 0 Å². The minimum Gasteiger partial charge on any atom is -0.497 e. The van der Waals surface area contributed by atoms with Gasteiger partial charge in [-0.1, -0.05) is 18.6 Å². The molecule has 2 N–H and O–H groups in total. The van der Waals surface area contributed by atoms with Crippen LogP contribution in [-0.4, -0.2) is 19.7 Å². The Bertz CT molecular complexity index is 951. The lowest BCUT2D eigenvalue weighted by molar-refractivity contribution is -0.143. The molecule has 3 rings (SSSR count). The summed E-state index contributed by atoms with van der Waals surface area (Å²) in [6.45, 7) is 0.272. The molecule has 1 saturated carbocycles. The average Bonchev–Trinajstić information content (AvgIpc) is 2.71. The van der Waals surface area contributed by atoms with Crippen molar-refractivity contribution in [2.24, 2.45) is 5.41 Å². The summed E-state index contributed by atoms with van der Waals surface area (Å²) >= 11 is 0. The number of carbonyl (C=O) groups excluding carboxylic acids is 1. The van der Waals surface area contributed by atoms with Gasteiger partial charge in [-0.25, -0.2) is 4.79 Å². The molecular formula is C23H24F6N2O2. The fraction of sp³-hybridized carbons (Fsp3) is 0.435. The van der Waals surface area contributed by atoms with Crippen molar-refractivity contribution in [1.29, 1.82) is 0 Å². The number of carbonyl (C=O) groups is 1. The number of methoxy groups -OCH3 is 1. The number of benzene rings is 2. The van der Waals surface area contributed by atoms with E-state index in [2.05, 4.69) is 10.6 Å². The lowest BCUT2D eigenvalue weighted by atomic mass is 9.65. The summed E-state index contributed by atoms with van der Waals surface area (Å²) in [5.41, 5.74) is -2.63. The van der Waals surface area contributed by atoms with Crippen LogP contribution in [0.25, 0.3) is 0 Å². The Morgan fingerprint density at radius 1 is 1.00 bits per heavy atom. The largest absolute Gasteiger partial charge is 0.497 e. The van der Waals surface area contributed by atoms with Crippen molar-refractivity contribution in [3.05, 3.63) is 59.2 Å². The number of rotatable bonds is 7. The summed E-state index contributed by atoms with van der Waals surface area (Å²) in [5, 5.41) is 4.72. The fourth-order valence-electron chi connectivity index (χ4n) is 3.90. The number of anilines is 1. The van der Waals surface area contributed by atoms with Crippen LogP contribution in [0.2, 0.25) is 0 Å². The number of ether oxygens (including phenoxy) is 1. The number of alkyl halides is 6. The van der Waals surface area contributed by atoms with Crippen molar-refractivity contribution < 1.29 is 35.9 Å². The Balaban J connectivity index is 1.63. The Kier molecular flexibility index (Phi) is 7.14. The van der Waals surface area contributed by atoms with Crippen LogP contribution < -0.4 is 15.4 Å². The van der Waals surface area contributed by atoms with Crippen LogP contribution in [-0.2, 0) is 18.8 Å². The molecule has 0 saturated heterocycles. The van der Waals surface area contributed by atoms with Crippen molar-refractivity contribution in [2.45, 2.75) is 44.5 Å². The van der Waals surface area contributed by atoms with E-state index in [9.17, 15) is 31.1 Å². The zero-order valence-electron chi connectivity index (χ0n) is 17.9. The number of aryl methyl sites for hydroxylation is 1. The van der Waals surface area contributed by atoms with Gasteiger partial charge in [0, 0.05) is 12.2 Å². The second-order valence-corrected chi connectivity index (χ2v) is 8.31. The third-order valence-electron chi connectivity index (χ3n) is 5.96. The van der Waals surface area contributed by atoms with E-state index in [1.165, 1.54) is 0 Å². The Morgan fingerprint density at radius 3 is 2.15 bits per heavy atom. The van der Waals surface area contributed by atoms with Crippen LogP contribution in [0.5, 0.6) is 5.75 Å². The smallest absolute Gasteiger partial charge is 0.416 e. The highest BCUT2D eigenvalue weighted by atomic mass is 19.4. The summed E-state index contributed by atoms with van der Waals surface area (Å²) in [6, 6.07) is 7.76. The molecular weight excluding hydrogens is 450 g/mol. The van der Waals surface area contributed by atoms with Crippen LogP contribution in [0.1, 0.15) is 42.4 Å². The van der Waals surface area contributed by atoms with Crippen LogP contribution in [0, 0.1) is 5.41 Å². The molecule has 2 amide bonds. The second kappa shape index (κ2) is 9.52. The van der Waals surface area contributed by atoms with Gasteiger partial charge in [0.25, 0.3) is 0 Å². The molecule has 10 heteroatoms. The van der Waals surface area contributed by atoms with Gasteiger partial charge in [0.2, 0.25) is 0 Å². The predicted molar refractivity (Wildman–Crippen MR) is 111 cm³/mol. The van der Waals surface area contributed by atoms with Gasteiger partial charge in [-0.3, -0.25) is 0 Å². The first kappa shape index (κ1) is 24.7. The van der Waals surface area contributed by atoms with Crippen molar-refractivity contribution >= 4 is 11.7 Å². The van der Waals surface area contributed by atoms with Crippen molar-refractivity contribution in [2.75, 3.05) is 19.0 Å². The summed E-state index contributed by atoms with van der Waals surface area (Å²) in [6.07, 6.45) is -5.69. The van der Waals surface area contributed by atoms with E-state index in [1.54, 1.807) is 7.11 Å². The number of hydrogen-bond acceptors (Lipinski definition) is 2. The van der Waals surface area contributed by atoms with Gasteiger partial charge in [-0.2, -0.15) is 26.3 Å². The molecule has 0 aliphatic heterocycles.